The third-order valence-electron chi connectivity index (χ3n) is 2.60. The molecule has 1 saturated heterocycles. The van der Waals surface area contributed by atoms with Crippen molar-refractivity contribution in [2.75, 3.05) is 6.54 Å². The maximum atomic E-state index is 11.2. The first-order valence-corrected chi connectivity index (χ1v) is 4.72. The van der Waals surface area contributed by atoms with Gasteiger partial charge in [0.1, 0.15) is 6.10 Å². The lowest BCUT2D eigenvalue weighted by Gasteiger charge is -2.21. The number of ether oxygens (including phenoxy) is 1. The SMILES string of the molecule is CC(C)[C@H](N)[C@@H]1C[C@@H](CN)C(=O)O1. The van der Waals surface area contributed by atoms with E-state index < -0.39 is 0 Å². The van der Waals surface area contributed by atoms with Crippen molar-refractivity contribution >= 4 is 5.97 Å². The topological polar surface area (TPSA) is 78.3 Å². The molecule has 0 radical (unpaired) electrons. The lowest BCUT2D eigenvalue weighted by Crippen LogP contribution is -2.39. The third-order valence-corrected chi connectivity index (χ3v) is 2.60. The fourth-order valence-electron chi connectivity index (χ4n) is 1.53. The molecule has 0 spiro atoms. The molecule has 0 saturated carbocycles. The summed E-state index contributed by atoms with van der Waals surface area (Å²) >= 11 is 0. The highest BCUT2D eigenvalue weighted by Crippen LogP contribution is 2.24. The molecule has 1 heterocycles. The average molecular weight is 186 g/mol. The largest absolute Gasteiger partial charge is 0.460 e. The molecular formula is C9H18N2O2. The predicted octanol–water partition coefficient (Wildman–Crippen LogP) is -0.140. The Bertz CT molecular complexity index is 194. The molecule has 0 aliphatic carbocycles. The van der Waals surface area contributed by atoms with Crippen molar-refractivity contribution in [3.8, 4) is 0 Å². The van der Waals surface area contributed by atoms with Gasteiger partial charge in [-0.05, 0) is 5.92 Å². The molecule has 1 fully saturated rings. The molecule has 4 nitrogen and oxygen atoms in total. The molecule has 4 N–H and O–H groups in total. The average Bonchev–Trinajstić information content (AvgIpc) is 2.45. The summed E-state index contributed by atoms with van der Waals surface area (Å²) in [6.45, 7) is 4.41. The zero-order chi connectivity index (χ0) is 10.0. The Hall–Kier alpha value is -0.610. The summed E-state index contributed by atoms with van der Waals surface area (Å²) in [5, 5.41) is 0. The molecule has 1 aliphatic rings. The van der Waals surface area contributed by atoms with E-state index in [-0.39, 0.29) is 24.0 Å². The summed E-state index contributed by atoms with van der Waals surface area (Å²) in [4.78, 5) is 11.2. The number of carbonyl (C=O) groups excluding carboxylic acids is 1. The van der Waals surface area contributed by atoms with Crippen LogP contribution in [0.25, 0.3) is 0 Å². The molecule has 0 bridgehead atoms. The van der Waals surface area contributed by atoms with Gasteiger partial charge < -0.3 is 16.2 Å². The van der Waals surface area contributed by atoms with Gasteiger partial charge in [0, 0.05) is 19.0 Å². The fourth-order valence-corrected chi connectivity index (χ4v) is 1.53. The van der Waals surface area contributed by atoms with Gasteiger partial charge >= 0.3 is 5.97 Å². The fraction of sp³-hybridized carbons (Fsp3) is 0.889. The number of rotatable bonds is 3. The highest BCUT2D eigenvalue weighted by molar-refractivity contribution is 5.75. The van der Waals surface area contributed by atoms with Gasteiger partial charge in [-0.25, -0.2) is 0 Å². The molecular weight excluding hydrogens is 168 g/mol. The lowest BCUT2D eigenvalue weighted by atomic mass is 9.94. The van der Waals surface area contributed by atoms with Crippen molar-refractivity contribution in [2.24, 2.45) is 23.3 Å². The summed E-state index contributed by atoms with van der Waals surface area (Å²) in [6.07, 6.45) is 0.537. The zero-order valence-electron chi connectivity index (χ0n) is 8.19. The number of hydrogen-bond donors (Lipinski definition) is 2. The maximum Gasteiger partial charge on any atom is 0.310 e. The smallest absolute Gasteiger partial charge is 0.310 e. The molecule has 0 unspecified atom stereocenters. The monoisotopic (exact) mass is 186 g/mol. The van der Waals surface area contributed by atoms with Gasteiger partial charge in [-0.3, -0.25) is 4.79 Å². The molecule has 0 aromatic heterocycles. The Balaban J connectivity index is 2.52. The predicted molar refractivity (Wildman–Crippen MR) is 49.9 cm³/mol. The summed E-state index contributed by atoms with van der Waals surface area (Å²) in [5.74, 6) is -0.00674. The molecule has 0 aromatic carbocycles. The Kier molecular flexibility index (Phi) is 3.27. The van der Waals surface area contributed by atoms with Crippen LogP contribution >= 0.6 is 0 Å². The number of hydrogen-bond acceptors (Lipinski definition) is 4. The van der Waals surface area contributed by atoms with Crippen molar-refractivity contribution in [1.82, 2.24) is 0 Å². The molecule has 1 aliphatic heterocycles. The molecule has 76 valence electrons. The first kappa shape index (κ1) is 10.5. The van der Waals surface area contributed by atoms with Crippen LogP contribution in [0, 0.1) is 11.8 Å². The van der Waals surface area contributed by atoms with E-state index in [1.807, 2.05) is 13.8 Å². The Morgan fingerprint density at radius 2 is 2.23 bits per heavy atom. The van der Waals surface area contributed by atoms with E-state index in [2.05, 4.69) is 0 Å². The van der Waals surface area contributed by atoms with E-state index in [1.54, 1.807) is 0 Å². The van der Waals surface area contributed by atoms with Crippen LogP contribution in [0.5, 0.6) is 0 Å². The van der Waals surface area contributed by atoms with Crippen LogP contribution in [0.3, 0.4) is 0 Å². The van der Waals surface area contributed by atoms with Gasteiger partial charge in [-0.15, -0.1) is 0 Å². The first-order chi connectivity index (χ1) is 6.06. The number of carbonyl (C=O) groups is 1. The van der Waals surface area contributed by atoms with Gasteiger partial charge in [0.25, 0.3) is 0 Å². The summed E-state index contributed by atoms with van der Waals surface area (Å²) in [7, 11) is 0. The highest BCUT2D eigenvalue weighted by atomic mass is 16.6. The second-order valence-corrected chi connectivity index (χ2v) is 3.97. The lowest BCUT2D eigenvalue weighted by molar-refractivity contribution is -0.145. The van der Waals surface area contributed by atoms with E-state index in [0.717, 1.165) is 0 Å². The molecule has 13 heavy (non-hydrogen) atoms. The summed E-state index contributed by atoms with van der Waals surface area (Å²) in [6, 6.07) is -0.0690. The van der Waals surface area contributed by atoms with Crippen molar-refractivity contribution < 1.29 is 9.53 Å². The van der Waals surface area contributed by atoms with E-state index in [9.17, 15) is 4.79 Å². The minimum absolute atomic E-state index is 0.0690. The zero-order valence-corrected chi connectivity index (χ0v) is 8.19. The van der Waals surface area contributed by atoms with Crippen molar-refractivity contribution in [2.45, 2.75) is 32.4 Å². The third kappa shape index (κ3) is 2.19. The maximum absolute atomic E-state index is 11.2. The van der Waals surface area contributed by atoms with Gasteiger partial charge in [0.05, 0.1) is 5.92 Å². The van der Waals surface area contributed by atoms with Crippen molar-refractivity contribution in [3.63, 3.8) is 0 Å². The highest BCUT2D eigenvalue weighted by Gasteiger charge is 2.37. The van der Waals surface area contributed by atoms with Crippen molar-refractivity contribution in [1.29, 1.82) is 0 Å². The van der Waals surface area contributed by atoms with E-state index in [0.29, 0.717) is 18.9 Å². The Morgan fingerprint density at radius 1 is 1.62 bits per heavy atom. The quantitative estimate of drug-likeness (QED) is 0.601. The molecule has 0 aromatic rings. The Morgan fingerprint density at radius 3 is 2.62 bits per heavy atom. The van der Waals surface area contributed by atoms with Crippen LogP contribution in [-0.4, -0.2) is 24.7 Å². The van der Waals surface area contributed by atoms with Gasteiger partial charge in [0.15, 0.2) is 0 Å². The van der Waals surface area contributed by atoms with Crippen LogP contribution in [0.2, 0.25) is 0 Å². The van der Waals surface area contributed by atoms with Gasteiger partial charge in [-0.2, -0.15) is 0 Å². The van der Waals surface area contributed by atoms with Gasteiger partial charge in [-0.1, -0.05) is 13.8 Å². The van der Waals surface area contributed by atoms with Crippen molar-refractivity contribution in [3.05, 3.63) is 0 Å². The van der Waals surface area contributed by atoms with Crippen LogP contribution in [0.4, 0.5) is 0 Å². The van der Waals surface area contributed by atoms with E-state index >= 15 is 0 Å². The molecule has 0 amide bonds. The van der Waals surface area contributed by atoms with Crippen LogP contribution in [0.1, 0.15) is 20.3 Å². The summed E-state index contributed by atoms with van der Waals surface area (Å²) in [5.41, 5.74) is 11.3. The van der Waals surface area contributed by atoms with Crippen LogP contribution in [0.15, 0.2) is 0 Å². The van der Waals surface area contributed by atoms with Crippen LogP contribution < -0.4 is 11.5 Å². The normalized spacial score (nSPS) is 30.7. The minimum atomic E-state index is -0.191. The molecule has 3 atom stereocenters. The number of nitrogens with two attached hydrogens (primary N) is 2. The standard InChI is InChI=1S/C9H18N2O2/c1-5(2)8(11)7-3-6(4-10)9(12)13-7/h5-8H,3-4,10-11H2,1-2H3/t6-,7-,8-/m0/s1. The van der Waals surface area contributed by atoms with Gasteiger partial charge in [0.2, 0.25) is 0 Å². The minimum Gasteiger partial charge on any atom is -0.460 e. The Labute approximate surface area is 78.6 Å². The second-order valence-electron chi connectivity index (χ2n) is 3.97. The molecule has 4 heteroatoms. The first-order valence-electron chi connectivity index (χ1n) is 4.72. The van der Waals surface area contributed by atoms with E-state index in [4.69, 9.17) is 16.2 Å². The van der Waals surface area contributed by atoms with E-state index in [1.165, 1.54) is 0 Å². The number of cyclic esters (lactones) is 1. The van der Waals surface area contributed by atoms with Crippen LogP contribution in [-0.2, 0) is 9.53 Å². The number of esters is 1. The molecule has 1 rings (SSSR count). The summed E-state index contributed by atoms with van der Waals surface area (Å²) < 4.78 is 5.14. The second kappa shape index (κ2) is 4.07.